The summed E-state index contributed by atoms with van der Waals surface area (Å²) < 4.78 is 0. The van der Waals surface area contributed by atoms with E-state index in [1.165, 1.54) is 5.56 Å². The van der Waals surface area contributed by atoms with Crippen molar-refractivity contribution in [3.8, 4) is 0 Å². The lowest BCUT2D eigenvalue weighted by atomic mass is 9.98. The van der Waals surface area contributed by atoms with Crippen molar-refractivity contribution in [1.29, 1.82) is 0 Å². The van der Waals surface area contributed by atoms with Crippen LogP contribution in [0.1, 0.15) is 12.5 Å². The van der Waals surface area contributed by atoms with Crippen LogP contribution in [0.25, 0.3) is 6.08 Å². The quantitative estimate of drug-likeness (QED) is 0.768. The molecule has 0 fully saturated rings. The Morgan fingerprint density at radius 3 is 2.60 bits per heavy atom. The Bertz CT molecular complexity index is 401. The van der Waals surface area contributed by atoms with Gasteiger partial charge in [0.15, 0.2) is 0 Å². The zero-order valence-electron chi connectivity index (χ0n) is 8.85. The highest BCUT2D eigenvalue weighted by Crippen LogP contribution is 2.14. The van der Waals surface area contributed by atoms with E-state index in [2.05, 4.69) is 48.7 Å². The van der Waals surface area contributed by atoms with Gasteiger partial charge in [-0.25, -0.2) is 0 Å². The number of nitrogens with one attached hydrogen (secondary N) is 1. The highest BCUT2D eigenvalue weighted by atomic mass is 14.9. The smallest absolute Gasteiger partial charge is 0.0712 e. The first-order chi connectivity index (χ1) is 7.29. The third-order valence-corrected chi connectivity index (χ3v) is 2.47. The average molecular weight is 197 g/mol. The van der Waals surface area contributed by atoms with Crippen LogP contribution in [-0.2, 0) is 0 Å². The van der Waals surface area contributed by atoms with Crippen LogP contribution >= 0.6 is 0 Å². The number of dihydropyridines is 1. The Labute approximate surface area is 90.8 Å². The van der Waals surface area contributed by atoms with E-state index >= 15 is 0 Å². The third-order valence-electron chi connectivity index (χ3n) is 2.47. The van der Waals surface area contributed by atoms with E-state index in [0.717, 1.165) is 0 Å². The predicted molar refractivity (Wildman–Crippen MR) is 65.3 cm³/mol. The molecule has 1 heterocycles. The first-order valence-corrected chi connectivity index (χ1v) is 5.15. The second-order valence-corrected chi connectivity index (χ2v) is 3.89. The lowest BCUT2D eigenvalue weighted by molar-refractivity contribution is 0.614. The van der Waals surface area contributed by atoms with Gasteiger partial charge in [0, 0.05) is 0 Å². The summed E-state index contributed by atoms with van der Waals surface area (Å²) in [6, 6.07) is 10.3. The van der Waals surface area contributed by atoms with Crippen LogP contribution in [0.3, 0.4) is 0 Å². The van der Waals surface area contributed by atoms with Gasteiger partial charge >= 0.3 is 0 Å². The minimum atomic E-state index is -0.0649. The maximum absolute atomic E-state index is 3.31. The maximum atomic E-state index is 3.31. The fourth-order valence-electron chi connectivity index (χ4n) is 1.52. The highest BCUT2D eigenvalue weighted by Gasteiger charge is 2.15. The van der Waals surface area contributed by atoms with E-state index in [1.807, 2.05) is 30.5 Å². The number of hydrogen-bond acceptors (Lipinski definition) is 1. The summed E-state index contributed by atoms with van der Waals surface area (Å²) in [7, 11) is 0. The van der Waals surface area contributed by atoms with Crippen molar-refractivity contribution in [3.63, 3.8) is 0 Å². The number of allylic oxidation sites excluding steroid dienone is 2. The molecule has 0 saturated heterocycles. The largest absolute Gasteiger partial charge is 0.379 e. The molecule has 1 nitrogen and oxygen atoms in total. The van der Waals surface area contributed by atoms with Gasteiger partial charge in [-0.3, -0.25) is 0 Å². The van der Waals surface area contributed by atoms with Crippen LogP contribution in [0.4, 0.5) is 0 Å². The monoisotopic (exact) mass is 197 g/mol. The molecule has 1 aromatic carbocycles. The van der Waals surface area contributed by atoms with Crippen LogP contribution in [-0.4, -0.2) is 5.54 Å². The second-order valence-electron chi connectivity index (χ2n) is 3.89. The Kier molecular flexibility index (Phi) is 2.72. The standard InChI is InChI=1S/C14H15N/c1-14(10-5-6-12-15-14)11-9-13-7-3-2-4-8-13/h2-12,15H,1H3/b11-9+. The van der Waals surface area contributed by atoms with E-state index < -0.39 is 0 Å². The first kappa shape index (κ1) is 9.78. The zero-order chi connectivity index (χ0) is 10.6. The molecule has 0 amide bonds. The maximum Gasteiger partial charge on any atom is 0.0712 e. The van der Waals surface area contributed by atoms with Crippen LogP contribution in [0.15, 0.2) is 60.8 Å². The van der Waals surface area contributed by atoms with Crippen molar-refractivity contribution in [2.24, 2.45) is 0 Å². The van der Waals surface area contributed by atoms with Gasteiger partial charge < -0.3 is 5.32 Å². The highest BCUT2D eigenvalue weighted by molar-refractivity contribution is 5.51. The summed E-state index contributed by atoms with van der Waals surface area (Å²) in [5.41, 5.74) is 1.16. The van der Waals surface area contributed by atoms with Crippen molar-refractivity contribution in [3.05, 3.63) is 66.4 Å². The summed E-state index contributed by atoms with van der Waals surface area (Å²) in [5, 5.41) is 3.31. The van der Waals surface area contributed by atoms with Gasteiger partial charge in [0.25, 0.3) is 0 Å². The van der Waals surface area contributed by atoms with E-state index in [9.17, 15) is 0 Å². The van der Waals surface area contributed by atoms with Gasteiger partial charge in [-0.1, -0.05) is 54.6 Å². The lowest BCUT2D eigenvalue weighted by Gasteiger charge is -2.24. The first-order valence-electron chi connectivity index (χ1n) is 5.15. The molecule has 76 valence electrons. The third kappa shape index (κ3) is 2.59. The molecule has 0 radical (unpaired) electrons. The van der Waals surface area contributed by atoms with Crippen molar-refractivity contribution in [2.75, 3.05) is 0 Å². The molecule has 0 spiro atoms. The molecule has 2 rings (SSSR count). The molecular formula is C14H15N. The Morgan fingerprint density at radius 1 is 1.13 bits per heavy atom. The summed E-state index contributed by atoms with van der Waals surface area (Å²) in [4.78, 5) is 0. The summed E-state index contributed by atoms with van der Waals surface area (Å²) >= 11 is 0. The summed E-state index contributed by atoms with van der Waals surface area (Å²) in [5.74, 6) is 0. The zero-order valence-corrected chi connectivity index (χ0v) is 8.85. The SMILES string of the molecule is CC1(/C=C/c2ccccc2)C=CC=CN1. The molecule has 1 unspecified atom stereocenters. The van der Waals surface area contributed by atoms with E-state index in [0.29, 0.717) is 0 Å². The average Bonchev–Trinajstić information content (AvgIpc) is 2.29. The molecule has 0 bridgehead atoms. The van der Waals surface area contributed by atoms with Gasteiger partial charge in [-0.2, -0.15) is 0 Å². The summed E-state index contributed by atoms with van der Waals surface area (Å²) in [6.45, 7) is 2.15. The van der Waals surface area contributed by atoms with Gasteiger partial charge in [-0.15, -0.1) is 0 Å². The van der Waals surface area contributed by atoms with Crippen LogP contribution in [0.5, 0.6) is 0 Å². The fraction of sp³-hybridized carbons (Fsp3) is 0.143. The van der Waals surface area contributed by atoms with E-state index in [4.69, 9.17) is 0 Å². The van der Waals surface area contributed by atoms with Crippen molar-refractivity contribution >= 4 is 6.08 Å². The van der Waals surface area contributed by atoms with Crippen molar-refractivity contribution in [2.45, 2.75) is 12.5 Å². The molecule has 1 heteroatoms. The minimum absolute atomic E-state index is 0.0649. The number of hydrogen-bond donors (Lipinski definition) is 1. The predicted octanol–water partition coefficient (Wildman–Crippen LogP) is 3.13. The molecule has 0 aromatic heterocycles. The van der Waals surface area contributed by atoms with Gasteiger partial charge in [0.05, 0.1) is 5.54 Å². The molecule has 1 aliphatic rings. The van der Waals surface area contributed by atoms with Crippen LogP contribution < -0.4 is 5.32 Å². The normalized spacial score (nSPS) is 24.3. The van der Waals surface area contributed by atoms with Gasteiger partial charge in [0.1, 0.15) is 0 Å². The van der Waals surface area contributed by atoms with Gasteiger partial charge in [0.2, 0.25) is 0 Å². The molecule has 1 N–H and O–H groups in total. The van der Waals surface area contributed by atoms with E-state index in [-0.39, 0.29) is 5.54 Å². The molecule has 0 aliphatic carbocycles. The molecule has 0 saturated carbocycles. The van der Waals surface area contributed by atoms with Crippen LogP contribution in [0, 0.1) is 0 Å². The number of benzene rings is 1. The van der Waals surface area contributed by atoms with Gasteiger partial charge in [-0.05, 0) is 24.8 Å². The fourth-order valence-corrected chi connectivity index (χ4v) is 1.52. The minimum Gasteiger partial charge on any atom is -0.379 e. The summed E-state index contributed by atoms with van der Waals surface area (Å²) in [6.07, 6.45) is 12.5. The topological polar surface area (TPSA) is 12.0 Å². The number of rotatable bonds is 2. The molecule has 15 heavy (non-hydrogen) atoms. The molecule has 1 aliphatic heterocycles. The Balaban J connectivity index is 2.12. The molecule has 1 atom stereocenters. The molecule has 1 aromatic rings. The van der Waals surface area contributed by atoms with Crippen molar-refractivity contribution < 1.29 is 0 Å². The second kappa shape index (κ2) is 4.18. The van der Waals surface area contributed by atoms with Crippen LogP contribution in [0.2, 0.25) is 0 Å². The van der Waals surface area contributed by atoms with E-state index in [1.54, 1.807) is 0 Å². The lowest BCUT2D eigenvalue weighted by Crippen LogP contribution is -2.35. The Hall–Kier alpha value is -1.76. The molecular weight excluding hydrogens is 182 g/mol. The van der Waals surface area contributed by atoms with Crippen molar-refractivity contribution in [1.82, 2.24) is 5.32 Å². The Morgan fingerprint density at radius 2 is 1.93 bits per heavy atom.